The molecule has 0 saturated heterocycles. The Morgan fingerprint density at radius 1 is 1.00 bits per heavy atom. The Morgan fingerprint density at radius 2 is 1.63 bits per heavy atom. The molecule has 188 valence electrons. The highest BCUT2D eigenvalue weighted by molar-refractivity contribution is 7.09. The standard InChI is InChI=1S/C26H35N5O3S/c1-16-9-8-14-20(17(16)2)31(15-21(32)28-18-12-6-7-13-18)26(34)24-22(27)23(30-35-24)25(33)29-19-10-4-3-5-11-19/h8-9,14,18-19H,3-7,10-13,15,27H2,1-2H3,(H,28,32)(H,29,33). The van der Waals surface area contributed by atoms with Gasteiger partial charge in [-0.1, -0.05) is 44.2 Å². The van der Waals surface area contributed by atoms with Crippen LogP contribution in [0, 0.1) is 13.8 Å². The first-order valence-corrected chi connectivity index (χ1v) is 13.4. The molecule has 9 heteroatoms. The first-order chi connectivity index (χ1) is 16.8. The van der Waals surface area contributed by atoms with Gasteiger partial charge in [-0.3, -0.25) is 19.3 Å². The largest absolute Gasteiger partial charge is 0.395 e. The molecular formula is C26H35N5O3S. The molecule has 8 nitrogen and oxygen atoms in total. The molecule has 2 aliphatic rings. The summed E-state index contributed by atoms with van der Waals surface area (Å²) < 4.78 is 4.24. The lowest BCUT2D eigenvalue weighted by atomic mass is 9.95. The van der Waals surface area contributed by atoms with E-state index in [1.165, 1.54) is 11.3 Å². The maximum absolute atomic E-state index is 13.7. The van der Waals surface area contributed by atoms with Gasteiger partial charge >= 0.3 is 0 Å². The zero-order chi connectivity index (χ0) is 24.9. The smallest absolute Gasteiger partial charge is 0.273 e. The number of aryl methyl sites for hydroxylation is 1. The number of hydrogen-bond acceptors (Lipinski definition) is 6. The Morgan fingerprint density at radius 3 is 2.31 bits per heavy atom. The van der Waals surface area contributed by atoms with Crippen molar-refractivity contribution in [3.05, 3.63) is 39.9 Å². The number of nitrogens with one attached hydrogen (secondary N) is 2. The predicted octanol–water partition coefficient (Wildman–Crippen LogP) is 4.11. The first kappa shape index (κ1) is 25.2. The molecule has 2 fully saturated rings. The minimum atomic E-state index is -0.424. The number of aromatic nitrogens is 1. The molecule has 0 spiro atoms. The van der Waals surface area contributed by atoms with E-state index in [0.29, 0.717) is 5.69 Å². The van der Waals surface area contributed by atoms with E-state index in [1.54, 1.807) is 0 Å². The molecule has 3 amide bonds. The molecule has 2 aromatic rings. The van der Waals surface area contributed by atoms with E-state index < -0.39 is 5.91 Å². The van der Waals surface area contributed by atoms with Crippen molar-refractivity contribution in [2.75, 3.05) is 17.2 Å². The molecule has 1 heterocycles. The number of rotatable bonds is 7. The normalized spacial score (nSPS) is 16.7. The van der Waals surface area contributed by atoms with Crippen molar-refractivity contribution in [3.63, 3.8) is 0 Å². The lowest BCUT2D eigenvalue weighted by Gasteiger charge is -2.25. The summed E-state index contributed by atoms with van der Waals surface area (Å²) in [5.41, 5.74) is 9.02. The highest BCUT2D eigenvalue weighted by atomic mass is 32.1. The number of hydrogen-bond donors (Lipinski definition) is 3. The average Bonchev–Trinajstić information content (AvgIpc) is 3.49. The van der Waals surface area contributed by atoms with Crippen molar-refractivity contribution >= 4 is 40.6 Å². The highest BCUT2D eigenvalue weighted by Gasteiger charge is 2.30. The van der Waals surface area contributed by atoms with Gasteiger partial charge in [0.1, 0.15) is 11.4 Å². The van der Waals surface area contributed by atoms with E-state index in [9.17, 15) is 14.4 Å². The van der Waals surface area contributed by atoms with Gasteiger partial charge in [-0.25, -0.2) is 0 Å². The van der Waals surface area contributed by atoms with Crippen molar-refractivity contribution in [1.29, 1.82) is 0 Å². The molecule has 4 rings (SSSR count). The molecular weight excluding hydrogens is 462 g/mol. The summed E-state index contributed by atoms with van der Waals surface area (Å²) in [6.45, 7) is 3.77. The number of carbonyl (C=O) groups excluding carboxylic acids is 3. The second kappa shape index (κ2) is 11.2. The van der Waals surface area contributed by atoms with Crippen molar-refractivity contribution in [1.82, 2.24) is 15.0 Å². The molecule has 4 N–H and O–H groups in total. The molecule has 0 aliphatic heterocycles. The lowest BCUT2D eigenvalue weighted by molar-refractivity contribution is -0.120. The minimum absolute atomic E-state index is 0.0693. The number of amides is 3. The maximum atomic E-state index is 13.7. The molecule has 2 aliphatic carbocycles. The van der Waals surface area contributed by atoms with Gasteiger partial charge in [0.25, 0.3) is 11.8 Å². The maximum Gasteiger partial charge on any atom is 0.273 e. The Bertz CT molecular complexity index is 1090. The second-order valence-corrected chi connectivity index (χ2v) is 10.5. The van der Waals surface area contributed by atoms with Gasteiger partial charge in [-0.15, -0.1) is 0 Å². The van der Waals surface area contributed by atoms with Crippen LogP contribution in [0.3, 0.4) is 0 Å². The fourth-order valence-electron chi connectivity index (χ4n) is 5.02. The summed E-state index contributed by atoms with van der Waals surface area (Å²) in [5, 5.41) is 6.08. The third kappa shape index (κ3) is 5.83. The molecule has 35 heavy (non-hydrogen) atoms. The van der Waals surface area contributed by atoms with Crippen LogP contribution in [0.2, 0.25) is 0 Å². The van der Waals surface area contributed by atoms with Gasteiger partial charge in [-0.05, 0) is 68.3 Å². The zero-order valence-electron chi connectivity index (χ0n) is 20.6. The van der Waals surface area contributed by atoms with Gasteiger partial charge in [0.05, 0.1) is 5.69 Å². The topological polar surface area (TPSA) is 117 Å². The molecule has 0 radical (unpaired) electrons. The van der Waals surface area contributed by atoms with Crippen LogP contribution in [0.5, 0.6) is 0 Å². The van der Waals surface area contributed by atoms with E-state index >= 15 is 0 Å². The van der Waals surface area contributed by atoms with Crippen molar-refractivity contribution in [2.45, 2.75) is 83.7 Å². The molecule has 2 saturated carbocycles. The summed E-state index contributed by atoms with van der Waals surface area (Å²) in [7, 11) is 0. The average molecular weight is 498 g/mol. The van der Waals surface area contributed by atoms with Crippen molar-refractivity contribution in [2.24, 2.45) is 0 Å². The van der Waals surface area contributed by atoms with Crippen LogP contribution in [-0.4, -0.2) is 40.7 Å². The lowest BCUT2D eigenvalue weighted by Crippen LogP contribution is -2.44. The second-order valence-electron chi connectivity index (χ2n) is 9.74. The van der Waals surface area contributed by atoms with Crippen molar-refractivity contribution in [3.8, 4) is 0 Å². The number of benzene rings is 1. The first-order valence-electron chi connectivity index (χ1n) is 12.6. The van der Waals surface area contributed by atoms with Gasteiger partial charge < -0.3 is 16.4 Å². The van der Waals surface area contributed by atoms with Crippen LogP contribution in [0.15, 0.2) is 18.2 Å². The van der Waals surface area contributed by atoms with Crippen LogP contribution in [-0.2, 0) is 4.79 Å². The van der Waals surface area contributed by atoms with E-state index in [1.807, 2.05) is 32.0 Å². The summed E-state index contributed by atoms with van der Waals surface area (Å²) in [4.78, 5) is 41.1. The van der Waals surface area contributed by atoms with E-state index in [2.05, 4.69) is 15.0 Å². The highest BCUT2D eigenvalue weighted by Crippen LogP contribution is 2.29. The number of carbonyl (C=O) groups is 3. The quantitative estimate of drug-likeness (QED) is 0.532. The fourth-order valence-corrected chi connectivity index (χ4v) is 5.77. The SMILES string of the molecule is Cc1cccc(N(CC(=O)NC2CCCC2)C(=O)c2snc(C(=O)NC3CCCCC3)c2N)c1C. The van der Waals surface area contributed by atoms with Crippen LogP contribution in [0.4, 0.5) is 11.4 Å². The van der Waals surface area contributed by atoms with E-state index in [4.69, 9.17) is 5.73 Å². The molecule has 0 unspecified atom stereocenters. The predicted molar refractivity (Wildman–Crippen MR) is 139 cm³/mol. The third-order valence-electron chi connectivity index (χ3n) is 7.21. The molecule has 0 bridgehead atoms. The number of nitrogens with two attached hydrogens (primary N) is 1. The minimum Gasteiger partial charge on any atom is -0.395 e. The Hall–Kier alpha value is -2.94. The van der Waals surface area contributed by atoms with Crippen molar-refractivity contribution < 1.29 is 14.4 Å². The van der Waals surface area contributed by atoms with E-state index in [-0.39, 0.29) is 46.7 Å². The summed E-state index contributed by atoms with van der Waals surface area (Å²) in [6, 6.07) is 5.93. The van der Waals surface area contributed by atoms with Gasteiger partial charge in [0, 0.05) is 17.8 Å². The molecule has 1 aromatic carbocycles. The Kier molecular flexibility index (Phi) is 8.05. The molecule has 0 atom stereocenters. The number of nitrogens with zero attached hydrogens (tertiary/aromatic N) is 2. The van der Waals surface area contributed by atoms with Crippen LogP contribution in [0.25, 0.3) is 0 Å². The van der Waals surface area contributed by atoms with Crippen LogP contribution >= 0.6 is 11.5 Å². The van der Waals surface area contributed by atoms with Crippen LogP contribution in [0.1, 0.15) is 89.1 Å². The zero-order valence-corrected chi connectivity index (χ0v) is 21.4. The summed E-state index contributed by atoms with van der Waals surface area (Å²) in [5.74, 6) is -0.974. The van der Waals surface area contributed by atoms with Gasteiger partial charge in [0.2, 0.25) is 5.91 Å². The summed E-state index contributed by atoms with van der Waals surface area (Å²) in [6.07, 6.45) is 9.39. The Labute approximate surface area is 210 Å². The third-order valence-corrected chi connectivity index (χ3v) is 8.06. The fraction of sp³-hybridized carbons (Fsp3) is 0.538. The van der Waals surface area contributed by atoms with Gasteiger partial charge in [-0.2, -0.15) is 4.37 Å². The summed E-state index contributed by atoms with van der Waals surface area (Å²) >= 11 is 0.909. The monoisotopic (exact) mass is 497 g/mol. The Balaban J connectivity index is 1.57. The molecule has 1 aromatic heterocycles. The number of nitrogen functional groups attached to an aromatic ring is 1. The van der Waals surface area contributed by atoms with Crippen LogP contribution < -0.4 is 21.3 Å². The number of anilines is 2. The van der Waals surface area contributed by atoms with E-state index in [0.717, 1.165) is 74.0 Å². The van der Waals surface area contributed by atoms with Gasteiger partial charge in [0.15, 0.2) is 5.69 Å².